The molecule has 28 heavy (non-hydrogen) atoms. The summed E-state index contributed by atoms with van der Waals surface area (Å²) in [5, 5.41) is 0. The van der Waals surface area contributed by atoms with Crippen LogP contribution in [0.2, 0.25) is 0 Å². The molecule has 0 saturated carbocycles. The Hall–Kier alpha value is -3.42. The number of primary amides is 1. The van der Waals surface area contributed by atoms with E-state index in [9.17, 15) is 19.2 Å². The van der Waals surface area contributed by atoms with Crippen molar-refractivity contribution in [1.29, 1.82) is 0 Å². The fourth-order valence-corrected chi connectivity index (χ4v) is 3.69. The number of ketones is 2. The maximum atomic E-state index is 13.0. The van der Waals surface area contributed by atoms with Gasteiger partial charge in [-0.15, -0.1) is 0 Å². The van der Waals surface area contributed by atoms with Crippen molar-refractivity contribution in [3.8, 4) is 0 Å². The van der Waals surface area contributed by atoms with Crippen LogP contribution < -0.4 is 10.6 Å². The Labute approximate surface area is 160 Å². The number of aryl methyl sites for hydroxylation is 1. The summed E-state index contributed by atoms with van der Waals surface area (Å²) in [6.45, 7) is 0.0303. The number of carbonyl (C=O) groups excluding carboxylic acids is 4. The van der Waals surface area contributed by atoms with Gasteiger partial charge in [0.25, 0.3) is 5.91 Å². The van der Waals surface area contributed by atoms with Crippen LogP contribution in [-0.2, 0) is 16.0 Å². The molecule has 1 aliphatic heterocycles. The maximum absolute atomic E-state index is 13.0. The van der Waals surface area contributed by atoms with Crippen LogP contribution in [0.15, 0.2) is 41.2 Å². The Balaban J connectivity index is 1.61. The number of nitrogens with two attached hydrogens (primary N) is 1. The topological polar surface area (TPSA) is 120 Å². The van der Waals surface area contributed by atoms with E-state index in [-0.39, 0.29) is 18.1 Å². The zero-order valence-corrected chi connectivity index (χ0v) is 14.9. The first kappa shape index (κ1) is 18.0. The van der Waals surface area contributed by atoms with Gasteiger partial charge in [0.05, 0.1) is 24.3 Å². The van der Waals surface area contributed by atoms with Gasteiger partial charge in [-0.1, -0.05) is 0 Å². The molecule has 1 aromatic carbocycles. The summed E-state index contributed by atoms with van der Waals surface area (Å²) in [6.07, 6.45) is 2.81. The molecular weight excluding hydrogens is 364 g/mol. The number of furan rings is 1. The van der Waals surface area contributed by atoms with E-state index in [1.165, 1.54) is 17.4 Å². The van der Waals surface area contributed by atoms with Crippen LogP contribution in [0.4, 0.5) is 10.5 Å². The van der Waals surface area contributed by atoms with E-state index < -0.39 is 24.0 Å². The van der Waals surface area contributed by atoms with E-state index >= 15 is 0 Å². The van der Waals surface area contributed by atoms with Crippen molar-refractivity contribution in [2.24, 2.45) is 11.7 Å². The number of amides is 2. The second kappa shape index (κ2) is 6.95. The van der Waals surface area contributed by atoms with Crippen LogP contribution in [0.25, 0.3) is 0 Å². The molecule has 2 atom stereocenters. The second-order valence-corrected chi connectivity index (χ2v) is 6.91. The summed E-state index contributed by atoms with van der Waals surface area (Å²) in [5.74, 6) is -1.94. The largest absolute Gasteiger partial charge is 0.472 e. The van der Waals surface area contributed by atoms with E-state index in [2.05, 4.69) is 0 Å². The van der Waals surface area contributed by atoms with E-state index in [0.717, 1.165) is 5.56 Å². The number of hydrogen-bond donors (Lipinski definition) is 1. The van der Waals surface area contributed by atoms with E-state index in [0.29, 0.717) is 36.1 Å². The highest BCUT2D eigenvalue weighted by Gasteiger charge is 2.37. The molecule has 2 N–H and O–H groups in total. The lowest BCUT2D eigenvalue weighted by atomic mass is 9.89. The smallest absolute Gasteiger partial charge is 0.415 e. The average molecular weight is 382 g/mol. The van der Waals surface area contributed by atoms with E-state index in [1.807, 2.05) is 0 Å². The first-order valence-corrected chi connectivity index (χ1v) is 8.96. The standard InChI is InChI=1S/C20H18N2O6/c21-19(25)16-9-22(20(26)28-16)13-4-5-14-11(8-13)2-1-3-15(18(14)24)17(23)12-6-7-27-10-12/h4-8,10,15-16H,1-3,9H2,(H2,21,25)/t15-,16-/m0/s1. The first-order chi connectivity index (χ1) is 13.5. The Morgan fingerprint density at radius 1 is 1.18 bits per heavy atom. The molecule has 1 saturated heterocycles. The molecule has 2 aliphatic rings. The molecule has 0 unspecified atom stereocenters. The number of anilines is 1. The summed E-state index contributed by atoms with van der Waals surface area (Å²) in [7, 11) is 0. The SMILES string of the molecule is NC(=O)[C@@H]1CN(c2ccc3c(c2)CCC[C@@H](C(=O)c2ccoc2)C3=O)C(=O)O1. The van der Waals surface area contributed by atoms with Crippen molar-refractivity contribution in [3.05, 3.63) is 53.5 Å². The van der Waals surface area contributed by atoms with Crippen molar-refractivity contribution >= 4 is 29.3 Å². The van der Waals surface area contributed by atoms with Gasteiger partial charge in [-0.3, -0.25) is 19.3 Å². The number of ether oxygens (including phenoxy) is 1. The van der Waals surface area contributed by atoms with Crippen molar-refractivity contribution in [2.45, 2.75) is 25.4 Å². The third-order valence-corrected chi connectivity index (χ3v) is 5.17. The summed E-state index contributed by atoms with van der Waals surface area (Å²) < 4.78 is 9.92. The van der Waals surface area contributed by atoms with Crippen molar-refractivity contribution in [2.75, 3.05) is 11.4 Å². The second-order valence-electron chi connectivity index (χ2n) is 6.91. The molecule has 0 bridgehead atoms. The molecule has 8 nitrogen and oxygen atoms in total. The predicted octanol–water partition coefficient (Wildman–Crippen LogP) is 2.11. The van der Waals surface area contributed by atoms with E-state index in [1.54, 1.807) is 24.3 Å². The molecule has 2 amide bonds. The summed E-state index contributed by atoms with van der Waals surface area (Å²) >= 11 is 0. The number of nitrogens with zero attached hydrogens (tertiary/aromatic N) is 1. The van der Waals surface area contributed by atoms with E-state index in [4.69, 9.17) is 14.9 Å². The minimum Gasteiger partial charge on any atom is -0.472 e. The van der Waals surface area contributed by atoms with Gasteiger partial charge < -0.3 is 14.9 Å². The highest BCUT2D eigenvalue weighted by atomic mass is 16.6. The van der Waals surface area contributed by atoms with Crippen LogP contribution in [-0.4, -0.2) is 36.2 Å². The van der Waals surface area contributed by atoms with Crippen molar-refractivity contribution < 1.29 is 28.3 Å². The Bertz CT molecular complexity index is 965. The fraction of sp³-hybridized carbons (Fsp3) is 0.300. The van der Waals surface area contributed by atoms with Crippen molar-refractivity contribution in [3.63, 3.8) is 0 Å². The monoisotopic (exact) mass is 382 g/mol. The molecule has 4 rings (SSSR count). The molecule has 1 fully saturated rings. The lowest BCUT2D eigenvalue weighted by molar-refractivity contribution is -0.124. The minimum absolute atomic E-state index is 0.0303. The highest BCUT2D eigenvalue weighted by Crippen LogP contribution is 2.31. The highest BCUT2D eigenvalue weighted by molar-refractivity contribution is 6.16. The minimum atomic E-state index is -0.995. The molecule has 2 heterocycles. The van der Waals surface area contributed by atoms with Gasteiger partial charge in [0.2, 0.25) is 0 Å². The number of carbonyl (C=O) groups is 4. The maximum Gasteiger partial charge on any atom is 0.415 e. The normalized spacial score (nSPS) is 21.8. The molecule has 8 heteroatoms. The summed E-state index contributed by atoms with van der Waals surface area (Å²) in [5.41, 5.74) is 7.36. The van der Waals surface area contributed by atoms with Gasteiger partial charge in [0.15, 0.2) is 17.7 Å². The third-order valence-electron chi connectivity index (χ3n) is 5.17. The number of Topliss-reactive ketones (excluding diaryl/α,β-unsaturated/α-hetero) is 2. The van der Waals surface area contributed by atoms with Crippen LogP contribution in [0.1, 0.15) is 39.1 Å². The first-order valence-electron chi connectivity index (χ1n) is 8.96. The lowest BCUT2D eigenvalue weighted by Gasteiger charge is -2.16. The molecule has 2 aromatic rings. The molecule has 1 aromatic heterocycles. The molecule has 1 aliphatic carbocycles. The Morgan fingerprint density at radius 3 is 2.68 bits per heavy atom. The van der Waals surface area contributed by atoms with Gasteiger partial charge >= 0.3 is 6.09 Å². The zero-order chi connectivity index (χ0) is 19.8. The number of rotatable bonds is 4. The quantitative estimate of drug-likeness (QED) is 0.491. The van der Waals surface area contributed by atoms with Gasteiger partial charge in [-0.05, 0) is 49.1 Å². The van der Waals surface area contributed by atoms with Gasteiger partial charge in [0.1, 0.15) is 6.26 Å². The number of benzene rings is 1. The predicted molar refractivity (Wildman–Crippen MR) is 97.0 cm³/mol. The molecule has 0 radical (unpaired) electrons. The number of cyclic esters (lactones) is 1. The molecular formula is C20H18N2O6. The van der Waals surface area contributed by atoms with Crippen LogP contribution in [0, 0.1) is 5.92 Å². The van der Waals surface area contributed by atoms with Crippen LogP contribution >= 0.6 is 0 Å². The van der Waals surface area contributed by atoms with Crippen LogP contribution in [0.3, 0.4) is 0 Å². The van der Waals surface area contributed by atoms with Crippen LogP contribution in [0.5, 0.6) is 0 Å². The Morgan fingerprint density at radius 2 is 2.00 bits per heavy atom. The van der Waals surface area contributed by atoms with Gasteiger partial charge in [-0.25, -0.2) is 4.79 Å². The van der Waals surface area contributed by atoms with Gasteiger partial charge in [0, 0.05) is 11.3 Å². The van der Waals surface area contributed by atoms with Crippen molar-refractivity contribution in [1.82, 2.24) is 0 Å². The zero-order valence-electron chi connectivity index (χ0n) is 14.9. The average Bonchev–Trinajstić information content (AvgIpc) is 3.31. The third kappa shape index (κ3) is 3.06. The number of fused-ring (bicyclic) bond motifs is 1. The fourth-order valence-electron chi connectivity index (χ4n) is 3.69. The molecule has 144 valence electrons. The molecule has 0 spiro atoms. The summed E-state index contributed by atoms with van der Waals surface area (Å²) in [6, 6.07) is 6.53. The summed E-state index contributed by atoms with van der Waals surface area (Å²) in [4.78, 5) is 50.3. The Kier molecular flexibility index (Phi) is 4.46. The number of hydrogen-bond acceptors (Lipinski definition) is 6. The lowest BCUT2D eigenvalue weighted by Crippen LogP contribution is -2.32. The van der Waals surface area contributed by atoms with Gasteiger partial charge in [-0.2, -0.15) is 0 Å².